The first-order chi connectivity index (χ1) is 13.2. The molecule has 0 radical (unpaired) electrons. The minimum absolute atomic E-state index is 0.101. The van der Waals surface area contributed by atoms with Crippen molar-refractivity contribution in [3.05, 3.63) is 92.5 Å². The van der Waals surface area contributed by atoms with Crippen molar-refractivity contribution >= 4 is 18.0 Å². The molecule has 3 aromatic rings. The molecule has 1 aliphatic heterocycles. The lowest BCUT2D eigenvalue weighted by atomic mass is 10.1. The van der Waals surface area contributed by atoms with E-state index < -0.39 is 0 Å². The van der Waals surface area contributed by atoms with E-state index in [2.05, 4.69) is 51.6 Å². The topological polar surface area (TPSA) is 53.1 Å². The zero-order valence-corrected chi connectivity index (χ0v) is 15.8. The Bertz CT molecular complexity index is 1030. The molecule has 0 bridgehead atoms. The fraction of sp³-hybridized carbons (Fsp3) is 0.238. The molecule has 138 valence electrons. The van der Waals surface area contributed by atoms with Crippen molar-refractivity contribution in [2.24, 2.45) is 0 Å². The monoisotopic (exact) mass is 378 g/mol. The van der Waals surface area contributed by atoms with E-state index in [-0.39, 0.29) is 5.56 Å². The van der Waals surface area contributed by atoms with Gasteiger partial charge in [-0.1, -0.05) is 60.7 Å². The van der Waals surface area contributed by atoms with Crippen LogP contribution in [0.5, 0.6) is 0 Å². The van der Waals surface area contributed by atoms with Crippen LogP contribution >= 0.6 is 12.2 Å². The fourth-order valence-corrected chi connectivity index (χ4v) is 3.68. The molecule has 0 saturated carbocycles. The summed E-state index contributed by atoms with van der Waals surface area (Å²) in [5, 5.41) is 3.42. The summed E-state index contributed by atoms with van der Waals surface area (Å²) in [6.07, 6.45) is 0.957. The molecule has 0 atom stereocenters. The van der Waals surface area contributed by atoms with Crippen molar-refractivity contribution in [2.75, 3.05) is 18.5 Å². The average Bonchev–Trinajstić information content (AvgIpc) is 2.71. The maximum atomic E-state index is 12.5. The van der Waals surface area contributed by atoms with Gasteiger partial charge in [0.1, 0.15) is 5.82 Å². The standard InChI is InChI=1S/C21H22N4OS/c26-20-18-14-24(12-11-16-7-3-1-4-8-16)15-22-19(18)25(21(27)23-20)13-17-9-5-2-6-10-17/h1-10,22H,11-15H2,(H,23,26,27). The van der Waals surface area contributed by atoms with Crippen LogP contribution in [0.3, 0.4) is 0 Å². The van der Waals surface area contributed by atoms with Crippen LogP contribution in [0.4, 0.5) is 5.82 Å². The summed E-state index contributed by atoms with van der Waals surface area (Å²) in [6, 6.07) is 20.6. The molecule has 2 heterocycles. The van der Waals surface area contributed by atoms with Gasteiger partial charge in [-0.3, -0.25) is 14.7 Å². The maximum Gasteiger partial charge on any atom is 0.258 e. The van der Waals surface area contributed by atoms with Crippen LogP contribution in [0.2, 0.25) is 0 Å². The number of hydrogen-bond acceptors (Lipinski definition) is 4. The highest BCUT2D eigenvalue weighted by atomic mass is 32.1. The van der Waals surface area contributed by atoms with Crippen molar-refractivity contribution in [1.82, 2.24) is 14.5 Å². The average molecular weight is 379 g/mol. The summed E-state index contributed by atoms with van der Waals surface area (Å²) in [7, 11) is 0. The highest BCUT2D eigenvalue weighted by molar-refractivity contribution is 7.71. The predicted molar refractivity (Wildman–Crippen MR) is 110 cm³/mol. The number of hydrogen-bond donors (Lipinski definition) is 2. The van der Waals surface area contributed by atoms with Crippen LogP contribution in [-0.4, -0.2) is 27.7 Å². The molecule has 0 aliphatic carbocycles. The van der Waals surface area contributed by atoms with Gasteiger partial charge in [0.05, 0.1) is 18.8 Å². The van der Waals surface area contributed by atoms with E-state index in [4.69, 9.17) is 12.2 Å². The Morgan fingerprint density at radius 1 is 0.963 bits per heavy atom. The Morgan fingerprint density at radius 3 is 2.33 bits per heavy atom. The largest absolute Gasteiger partial charge is 0.358 e. The predicted octanol–water partition coefficient (Wildman–Crippen LogP) is 3.38. The summed E-state index contributed by atoms with van der Waals surface area (Å²) in [4.78, 5) is 17.6. The molecule has 2 aromatic carbocycles. The molecular weight excluding hydrogens is 356 g/mol. The zero-order chi connectivity index (χ0) is 18.6. The molecule has 27 heavy (non-hydrogen) atoms. The Morgan fingerprint density at radius 2 is 1.63 bits per heavy atom. The molecule has 0 saturated heterocycles. The number of nitrogens with one attached hydrogen (secondary N) is 2. The number of fused-ring (bicyclic) bond motifs is 1. The van der Waals surface area contributed by atoms with Crippen molar-refractivity contribution < 1.29 is 0 Å². The second-order valence-electron chi connectivity index (χ2n) is 6.78. The highest BCUT2D eigenvalue weighted by Gasteiger charge is 2.21. The van der Waals surface area contributed by atoms with E-state index in [0.29, 0.717) is 24.5 Å². The van der Waals surface area contributed by atoms with Gasteiger partial charge in [0.15, 0.2) is 4.77 Å². The van der Waals surface area contributed by atoms with Gasteiger partial charge in [0.2, 0.25) is 0 Å². The van der Waals surface area contributed by atoms with Crippen molar-refractivity contribution in [1.29, 1.82) is 0 Å². The summed E-state index contributed by atoms with van der Waals surface area (Å²) in [6.45, 7) is 2.85. The first kappa shape index (κ1) is 17.7. The third kappa shape index (κ3) is 4.02. The molecule has 1 aromatic heterocycles. The molecule has 0 fully saturated rings. The van der Waals surface area contributed by atoms with E-state index in [9.17, 15) is 4.79 Å². The third-order valence-corrected chi connectivity index (χ3v) is 5.21. The summed E-state index contributed by atoms with van der Waals surface area (Å²) in [5.41, 5.74) is 3.10. The van der Waals surface area contributed by atoms with E-state index in [1.54, 1.807) is 0 Å². The van der Waals surface area contributed by atoms with Crippen LogP contribution < -0.4 is 10.9 Å². The number of H-pyrrole nitrogens is 1. The van der Waals surface area contributed by atoms with Crippen LogP contribution in [-0.2, 0) is 19.5 Å². The van der Waals surface area contributed by atoms with E-state index >= 15 is 0 Å². The molecule has 4 rings (SSSR count). The van der Waals surface area contributed by atoms with Gasteiger partial charge in [-0.25, -0.2) is 0 Å². The first-order valence-corrected chi connectivity index (χ1v) is 9.51. The quantitative estimate of drug-likeness (QED) is 0.669. The van der Waals surface area contributed by atoms with Crippen LogP contribution in [0.15, 0.2) is 65.5 Å². The number of benzene rings is 2. The Hall–Kier alpha value is -2.70. The van der Waals surface area contributed by atoms with Gasteiger partial charge in [-0.2, -0.15) is 0 Å². The number of anilines is 1. The number of rotatable bonds is 5. The van der Waals surface area contributed by atoms with Crippen molar-refractivity contribution in [3.63, 3.8) is 0 Å². The van der Waals surface area contributed by atoms with Gasteiger partial charge in [-0.05, 0) is 29.8 Å². The smallest absolute Gasteiger partial charge is 0.258 e. The molecule has 5 nitrogen and oxygen atoms in total. The molecule has 2 N–H and O–H groups in total. The summed E-state index contributed by atoms with van der Waals surface area (Å²) >= 11 is 5.42. The fourth-order valence-electron chi connectivity index (χ4n) is 3.43. The second kappa shape index (κ2) is 7.90. The zero-order valence-electron chi connectivity index (χ0n) is 15.0. The van der Waals surface area contributed by atoms with Gasteiger partial charge in [-0.15, -0.1) is 0 Å². The van der Waals surface area contributed by atoms with Crippen LogP contribution in [0.1, 0.15) is 16.7 Å². The minimum atomic E-state index is -0.101. The highest BCUT2D eigenvalue weighted by Crippen LogP contribution is 2.20. The molecule has 1 aliphatic rings. The number of nitrogens with zero attached hydrogens (tertiary/aromatic N) is 2. The normalized spacial score (nSPS) is 13.8. The first-order valence-electron chi connectivity index (χ1n) is 9.11. The number of aromatic nitrogens is 2. The van der Waals surface area contributed by atoms with E-state index in [1.807, 2.05) is 28.8 Å². The molecule has 0 amide bonds. The molecule has 6 heteroatoms. The van der Waals surface area contributed by atoms with Gasteiger partial charge in [0.25, 0.3) is 5.56 Å². The lowest BCUT2D eigenvalue weighted by molar-refractivity contribution is 0.275. The van der Waals surface area contributed by atoms with Crippen molar-refractivity contribution in [3.8, 4) is 0 Å². The van der Waals surface area contributed by atoms with Gasteiger partial charge in [0, 0.05) is 13.1 Å². The van der Waals surface area contributed by atoms with Crippen molar-refractivity contribution in [2.45, 2.75) is 19.5 Å². The Kier molecular flexibility index (Phi) is 5.18. The Balaban J connectivity index is 1.55. The molecule has 0 unspecified atom stereocenters. The SMILES string of the molecule is O=c1[nH]c(=S)n(Cc2ccccc2)c2c1CN(CCc1ccccc1)CN2. The second-order valence-corrected chi connectivity index (χ2v) is 7.17. The van der Waals surface area contributed by atoms with E-state index in [0.717, 1.165) is 29.9 Å². The number of aromatic amines is 1. The lowest BCUT2D eigenvalue weighted by Gasteiger charge is -2.31. The van der Waals surface area contributed by atoms with Gasteiger partial charge >= 0.3 is 0 Å². The van der Waals surface area contributed by atoms with Crippen LogP contribution in [0, 0.1) is 4.77 Å². The lowest BCUT2D eigenvalue weighted by Crippen LogP contribution is -2.40. The minimum Gasteiger partial charge on any atom is -0.358 e. The Labute approximate surface area is 163 Å². The molecular formula is C21H22N4OS. The maximum absolute atomic E-state index is 12.5. The van der Waals surface area contributed by atoms with Crippen LogP contribution in [0.25, 0.3) is 0 Å². The van der Waals surface area contributed by atoms with E-state index in [1.165, 1.54) is 5.56 Å². The summed E-state index contributed by atoms with van der Waals surface area (Å²) < 4.78 is 2.43. The van der Waals surface area contributed by atoms with Gasteiger partial charge < -0.3 is 9.88 Å². The summed E-state index contributed by atoms with van der Waals surface area (Å²) in [5.74, 6) is 0.837. The third-order valence-electron chi connectivity index (χ3n) is 4.89. The molecule has 0 spiro atoms.